The van der Waals surface area contributed by atoms with E-state index in [0.29, 0.717) is 18.7 Å². The lowest BCUT2D eigenvalue weighted by atomic mass is 9.62. The number of amides is 1. The van der Waals surface area contributed by atoms with Crippen LogP contribution in [0, 0.1) is 23.2 Å². The highest BCUT2D eigenvalue weighted by Gasteiger charge is 2.54. The summed E-state index contributed by atoms with van der Waals surface area (Å²) in [7, 11) is 1.76. The minimum atomic E-state index is -0.497. The average molecular weight is 356 g/mol. The van der Waals surface area contributed by atoms with Crippen LogP contribution in [0.3, 0.4) is 0 Å². The molecule has 2 atom stereocenters. The molecule has 0 N–H and O–H groups in total. The molecule has 1 aliphatic carbocycles. The van der Waals surface area contributed by atoms with Crippen molar-refractivity contribution in [1.29, 1.82) is 5.26 Å². The molecule has 2 bridgehead atoms. The van der Waals surface area contributed by atoms with Crippen molar-refractivity contribution in [2.75, 3.05) is 20.2 Å². The molecule has 1 amide bonds. The van der Waals surface area contributed by atoms with Gasteiger partial charge in [0.2, 0.25) is 0 Å². The van der Waals surface area contributed by atoms with Crippen LogP contribution >= 0.6 is 0 Å². The monoisotopic (exact) mass is 356 g/mol. The van der Waals surface area contributed by atoms with Gasteiger partial charge in [0.1, 0.15) is 11.2 Å². The molecule has 1 aromatic carbocycles. The Kier molecular flexibility index (Phi) is 4.98. The van der Waals surface area contributed by atoms with E-state index in [1.54, 1.807) is 7.11 Å². The van der Waals surface area contributed by atoms with Crippen molar-refractivity contribution < 1.29 is 14.3 Å². The van der Waals surface area contributed by atoms with Gasteiger partial charge in [0, 0.05) is 32.0 Å². The number of piperidine rings is 1. The van der Waals surface area contributed by atoms with Crippen molar-refractivity contribution >= 4 is 6.09 Å². The first-order valence-corrected chi connectivity index (χ1v) is 9.34. The number of carbonyl (C=O) groups is 1. The molecule has 1 saturated heterocycles. The molecule has 1 aliphatic heterocycles. The summed E-state index contributed by atoms with van der Waals surface area (Å²) in [5.74, 6) is 0.392. The Bertz CT molecular complexity index is 703. The van der Waals surface area contributed by atoms with Crippen LogP contribution in [-0.2, 0) is 15.1 Å². The molecule has 1 saturated carbocycles. The van der Waals surface area contributed by atoms with Crippen molar-refractivity contribution in [3.63, 3.8) is 0 Å². The second-order valence-corrected chi connectivity index (χ2v) is 8.40. The van der Waals surface area contributed by atoms with E-state index in [1.807, 2.05) is 43.9 Å². The zero-order valence-corrected chi connectivity index (χ0v) is 16.1. The van der Waals surface area contributed by atoms with Gasteiger partial charge >= 0.3 is 6.09 Å². The number of likely N-dealkylation sites (tertiary alicyclic amines) is 1. The normalized spacial score (nSPS) is 28.3. The Labute approximate surface area is 155 Å². The first kappa shape index (κ1) is 18.7. The molecule has 2 aliphatic rings. The molecule has 0 aromatic heterocycles. The second-order valence-electron chi connectivity index (χ2n) is 8.40. The van der Waals surface area contributed by atoms with E-state index in [1.165, 1.54) is 0 Å². The van der Waals surface area contributed by atoms with Crippen LogP contribution in [-0.4, -0.2) is 36.8 Å². The van der Waals surface area contributed by atoms with Crippen LogP contribution in [0.25, 0.3) is 0 Å². The number of benzene rings is 1. The van der Waals surface area contributed by atoms with E-state index in [2.05, 4.69) is 12.1 Å². The van der Waals surface area contributed by atoms with E-state index in [9.17, 15) is 10.1 Å². The van der Waals surface area contributed by atoms with Gasteiger partial charge in [0.25, 0.3) is 0 Å². The summed E-state index contributed by atoms with van der Waals surface area (Å²) in [6.45, 7) is 6.92. The zero-order valence-electron chi connectivity index (χ0n) is 16.1. The highest BCUT2D eigenvalue weighted by atomic mass is 16.6. The summed E-state index contributed by atoms with van der Waals surface area (Å²) in [5.41, 5.74) is 0.761. The minimum absolute atomic E-state index is 0.196. The van der Waals surface area contributed by atoms with E-state index < -0.39 is 11.2 Å². The van der Waals surface area contributed by atoms with Gasteiger partial charge in [-0.25, -0.2) is 4.79 Å². The fraction of sp³-hybridized carbons (Fsp3) is 0.619. The average Bonchev–Trinajstić information content (AvgIpc) is 2.58. The molecule has 26 heavy (non-hydrogen) atoms. The summed E-state index contributed by atoms with van der Waals surface area (Å²) in [5, 5.41) is 9.28. The molecule has 1 aromatic rings. The van der Waals surface area contributed by atoms with Crippen LogP contribution in [0.2, 0.25) is 0 Å². The quantitative estimate of drug-likeness (QED) is 0.801. The summed E-state index contributed by atoms with van der Waals surface area (Å²) in [6, 6.07) is 9.96. The summed E-state index contributed by atoms with van der Waals surface area (Å²) in [4.78, 5) is 14.4. The van der Waals surface area contributed by atoms with Gasteiger partial charge in [-0.05, 0) is 51.3 Å². The molecule has 1 heterocycles. The molecule has 2 unspecified atom stereocenters. The van der Waals surface area contributed by atoms with Crippen LogP contribution in [0.15, 0.2) is 24.3 Å². The molecule has 5 nitrogen and oxygen atoms in total. The molecule has 3 rings (SSSR count). The predicted molar refractivity (Wildman–Crippen MR) is 98.5 cm³/mol. The Morgan fingerprint density at radius 1 is 1.27 bits per heavy atom. The number of hydrogen-bond donors (Lipinski definition) is 0. The number of hydrogen-bond acceptors (Lipinski definition) is 4. The van der Waals surface area contributed by atoms with Gasteiger partial charge in [-0.1, -0.05) is 18.6 Å². The Hall–Kier alpha value is -2.06. The molecule has 5 heteroatoms. The van der Waals surface area contributed by atoms with Gasteiger partial charge in [0.05, 0.1) is 11.6 Å². The summed E-state index contributed by atoms with van der Waals surface area (Å²) < 4.78 is 11.8. The number of nitrogens with zero attached hydrogens (tertiary/aromatic N) is 2. The van der Waals surface area contributed by atoms with E-state index in [-0.39, 0.29) is 17.9 Å². The third-order valence-corrected chi connectivity index (χ3v) is 5.63. The fourth-order valence-corrected chi connectivity index (χ4v) is 4.66. The lowest BCUT2D eigenvalue weighted by Gasteiger charge is -2.55. The van der Waals surface area contributed by atoms with Gasteiger partial charge < -0.3 is 14.4 Å². The maximum atomic E-state index is 12.6. The van der Waals surface area contributed by atoms with Crippen molar-refractivity contribution in [2.24, 2.45) is 11.8 Å². The van der Waals surface area contributed by atoms with Crippen LogP contribution < -0.4 is 0 Å². The number of rotatable bonds is 2. The second kappa shape index (κ2) is 6.92. The molecule has 0 radical (unpaired) electrons. The van der Waals surface area contributed by atoms with Crippen LogP contribution in [0.4, 0.5) is 4.79 Å². The van der Waals surface area contributed by atoms with Gasteiger partial charge in [-0.15, -0.1) is 0 Å². The number of carbonyl (C=O) groups excluding carboxylic acids is 1. The maximum Gasteiger partial charge on any atom is 0.410 e. The highest BCUT2D eigenvalue weighted by molar-refractivity contribution is 5.68. The Morgan fingerprint density at radius 2 is 1.92 bits per heavy atom. The zero-order chi connectivity index (χ0) is 18.9. The Morgan fingerprint density at radius 3 is 2.46 bits per heavy atom. The predicted octanol–water partition coefficient (Wildman–Crippen LogP) is 4.07. The first-order chi connectivity index (χ1) is 12.3. The van der Waals surface area contributed by atoms with Gasteiger partial charge in [0.15, 0.2) is 0 Å². The van der Waals surface area contributed by atoms with Crippen LogP contribution in [0.1, 0.15) is 51.2 Å². The number of methoxy groups -OCH3 is 1. The van der Waals surface area contributed by atoms with Crippen molar-refractivity contribution in [3.05, 3.63) is 35.4 Å². The fourth-order valence-electron chi connectivity index (χ4n) is 4.66. The topological polar surface area (TPSA) is 62.6 Å². The molecule has 140 valence electrons. The number of ether oxygens (including phenoxy) is 2. The minimum Gasteiger partial charge on any atom is -0.444 e. The Balaban J connectivity index is 1.92. The SMILES string of the molecule is COC1(c2cccc(C#N)c2)C2CCCC1CN(C(=O)OC(C)(C)C)C2. The summed E-state index contributed by atoms with van der Waals surface area (Å²) >= 11 is 0. The van der Waals surface area contributed by atoms with E-state index in [4.69, 9.17) is 9.47 Å². The van der Waals surface area contributed by atoms with Gasteiger partial charge in [-0.2, -0.15) is 5.26 Å². The molecule has 0 spiro atoms. The standard InChI is InChI=1S/C21H28N2O3/c1-20(2,3)26-19(24)23-13-17-9-6-10-18(14-23)21(17,25-4)16-8-5-7-15(11-16)12-22/h5,7-8,11,17-18H,6,9-10,13-14H2,1-4H3. The van der Waals surface area contributed by atoms with Gasteiger partial charge in [-0.3, -0.25) is 0 Å². The van der Waals surface area contributed by atoms with Crippen molar-refractivity contribution in [2.45, 2.75) is 51.2 Å². The molecular weight excluding hydrogens is 328 g/mol. The summed E-state index contributed by atoms with van der Waals surface area (Å²) in [6.07, 6.45) is 2.89. The van der Waals surface area contributed by atoms with Crippen molar-refractivity contribution in [1.82, 2.24) is 4.90 Å². The highest BCUT2D eigenvalue weighted by Crippen LogP contribution is 2.51. The smallest absolute Gasteiger partial charge is 0.410 e. The third kappa shape index (κ3) is 3.31. The van der Waals surface area contributed by atoms with Crippen LogP contribution in [0.5, 0.6) is 0 Å². The maximum absolute atomic E-state index is 12.6. The molecular formula is C21H28N2O3. The largest absolute Gasteiger partial charge is 0.444 e. The van der Waals surface area contributed by atoms with E-state index in [0.717, 1.165) is 24.8 Å². The van der Waals surface area contributed by atoms with E-state index >= 15 is 0 Å². The lowest BCUT2D eigenvalue weighted by Crippen LogP contribution is -2.60. The van der Waals surface area contributed by atoms with Crippen molar-refractivity contribution in [3.8, 4) is 6.07 Å². The third-order valence-electron chi connectivity index (χ3n) is 5.63. The number of nitriles is 1. The number of fused-ring (bicyclic) bond motifs is 2. The molecule has 2 fully saturated rings. The first-order valence-electron chi connectivity index (χ1n) is 9.34. The lowest BCUT2D eigenvalue weighted by molar-refractivity contribution is -0.166.